The number of anilines is 3. The maximum Gasteiger partial charge on any atom is 0.223 e. The molecule has 0 aliphatic rings. The van der Waals surface area contributed by atoms with Crippen molar-refractivity contribution in [2.75, 3.05) is 22.9 Å². The molecule has 0 unspecified atom stereocenters. The molecule has 0 fully saturated rings. The fourth-order valence-electron chi connectivity index (χ4n) is 1.48. The molecular formula is C11H16N6O. The van der Waals surface area contributed by atoms with Gasteiger partial charge in [0.25, 0.3) is 0 Å². The molecule has 7 heteroatoms. The highest BCUT2D eigenvalue weighted by molar-refractivity contribution is 5.50. The van der Waals surface area contributed by atoms with Crippen molar-refractivity contribution in [3.8, 4) is 0 Å². The molecule has 2 aromatic heterocycles. The lowest BCUT2D eigenvalue weighted by Crippen LogP contribution is -2.07. The molecule has 0 aliphatic heterocycles. The van der Waals surface area contributed by atoms with Crippen LogP contribution in [0.1, 0.15) is 18.6 Å². The first-order chi connectivity index (χ1) is 8.67. The quantitative estimate of drug-likeness (QED) is 0.735. The van der Waals surface area contributed by atoms with E-state index in [4.69, 9.17) is 10.2 Å². The summed E-state index contributed by atoms with van der Waals surface area (Å²) in [5.41, 5.74) is 5.62. The van der Waals surface area contributed by atoms with E-state index in [0.717, 1.165) is 12.3 Å². The zero-order valence-electron chi connectivity index (χ0n) is 10.4. The molecule has 0 aliphatic carbocycles. The van der Waals surface area contributed by atoms with E-state index in [1.54, 1.807) is 12.3 Å². The first-order valence-corrected chi connectivity index (χ1v) is 5.71. The van der Waals surface area contributed by atoms with Gasteiger partial charge in [-0.15, -0.1) is 0 Å². The maximum absolute atomic E-state index is 5.62. The Kier molecular flexibility index (Phi) is 3.61. The standard InChI is InChI=1S/C11H16N6O/c1-3-13-8-4-9(17-11(12)16-8)14-6-10-15-5-7(2)18-10/h4-5H,3,6H2,1-2H3,(H4,12,13,14,16,17). The molecule has 0 atom stereocenters. The van der Waals surface area contributed by atoms with Crippen LogP contribution in [0.4, 0.5) is 17.6 Å². The lowest BCUT2D eigenvalue weighted by atomic mass is 10.5. The number of rotatable bonds is 5. The van der Waals surface area contributed by atoms with Crippen LogP contribution in [0.25, 0.3) is 0 Å². The molecular weight excluding hydrogens is 232 g/mol. The molecule has 2 aromatic rings. The minimum Gasteiger partial charge on any atom is -0.444 e. The Morgan fingerprint density at radius 1 is 1.28 bits per heavy atom. The number of nitrogens with zero attached hydrogens (tertiary/aromatic N) is 3. The van der Waals surface area contributed by atoms with Crippen molar-refractivity contribution >= 4 is 17.6 Å². The average Bonchev–Trinajstić information content (AvgIpc) is 2.72. The predicted molar refractivity (Wildman–Crippen MR) is 69.2 cm³/mol. The van der Waals surface area contributed by atoms with Crippen LogP contribution in [0.15, 0.2) is 16.7 Å². The third kappa shape index (κ3) is 3.09. The molecule has 2 rings (SSSR count). The molecule has 4 N–H and O–H groups in total. The number of nitrogens with one attached hydrogen (secondary N) is 2. The van der Waals surface area contributed by atoms with Crippen LogP contribution in [-0.4, -0.2) is 21.5 Å². The van der Waals surface area contributed by atoms with Gasteiger partial charge in [-0.2, -0.15) is 9.97 Å². The monoisotopic (exact) mass is 248 g/mol. The summed E-state index contributed by atoms with van der Waals surface area (Å²) in [5.74, 6) is 2.93. The summed E-state index contributed by atoms with van der Waals surface area (Å²) in [7, 11) is 0. The highest BCUT2D eigenvalue weighted by atomic mass is 16.4. The molecule has 0 radical (unpaired) electrons. The Morgan fingerprint density at radius 2 is 2.00 bits per heavy atom. The van der Waals surface area contributed by atoms with Crippen LogP contribution in [0.2, 0.25) is 0 Å². The molecule has 0 bridgehead atoms. The van der Waals surface area contributed by atoms with E-state index in [-0.39, 0.29) is 5.95 Å². The molecule has 0 amide bonds. The summed E-state index contributed by atoms with van der Waals surface area (Å²) in [4.78, 5) is 12.2. The second-order valence-electron chi connectivity index (χ2n) is 3.75. The van der Waals surface area contributed by atoms with Crippen molar-refractivity contribution in [1.29, 1.82) is 0 Å². The summed E-state index contributed by atoms with van der Waals surface area (Å²) in [6.45, 7) is 5.06. The van der Waals surface area contributed by atoms with Gasteiger partial charge in [-0.05, 0) is 13.8 Å². The Hall–Kier alpha value is -2.31. The van der Waals surface area contributed by atoms with Gasteiger partial charge in [-0.1, -0.05) is 0 Å². The first-order valence-electron chi connectivity index (χ1n) is 5.71. The van der Waals surface area contributed by atoms with E-state index in [1.165, 1.54) is 0 Å². The van der Waals surface area contributed by atoms with E-state index >= 15 is 0 Å². The highest BCUT2D eigenvalue weighted by Crippen LogP contribution is 2.13. The smallest absolute Gasteiger partial charge is 0.223 e. The first kappa shape index (κ1) is 12.2. The van der Waals surface area contributed by atoms with Crippen LogP contribution < -0.4 is 16.4 Å². The third-order valence-corrected chi connectivity index (χ3v) is 2.19. The van der Waals surface area contributed by atoms with Crippen LogP contribution in [0.3, 0.4) is 0 Å². The Morgan fingerprint density at radius 3 is 2.61 bits per heavy atom. The van der Waals surface area contributed by atoms with E-state index in [2.05, 4.69) is 25.6 Å². The number of hydrogen-bond donors (Lipinski definition) is 3. The lowest BCUT2D eigenvalue weighted by Gasteiger charge is -2.07. The summed E-state index contributed by atoms with van der Waals surface area (Å²) in [6, 6.07) is 1.79. The number of aryl methyl sites for hydroxylation is 1. The molecule has 0 saturated carbocycles. The van der Waals surface area contributed by atoms with Crippen molar-refractivity contribution in [3.05, 3.63) is 23.9 Å². The largest absolute Gasteiger partial charge is 0.444 e. The van der Waals surface area contributed by atoms with Gasteiger partial charge < -0.3 is 20.8 Å². The van der Waals surface area contributed by atoms with E-state index in [9.17, 15) is 0 Å². The van der Waals surface area contributed by atoms with Crippen molar-refractivity contribution in [2.45, 2.75) is 20.4 Å². The van der Waals surface area contributed by atoms with Crippen LogP contribution >= 0.6 is 0 Å². The number of oxazole rings is 1. The summed E-state index contributed by atoms with van der Waals surface area (Å²) in [6.07, 6.45) is 1.68. The third-order valence-electron chi connectivity index (χ3n) is 2.19. The molecule has 0 aromatic carbocycles. The number of nitrogen functional groups attached to an aromatic ring is 1. The second-order valence-corrected chi connectivity index (χ2v) is 3.75. The fraction of sp³-hybridized carbons (Fsp3) is 0.364. The molecule has 96 valence electrons. The van der Waals surface area contributed by atoms with Crippen molar-refractivity contribution in [3.63, 3.8) is 0 Å². The zero-order valence-corrected chi connectivity index (χ0v) is 10.4. The Bertz CT molecular complexity index is 524. The molecule has 2 heterocycles. The van der Waals surface area contributed by atoms with E-state index < -0.39 is 0 Å². The van der Waals surface area contributed by atoms with Crippen LogP contribution in [0, 0.1) is 6.92 Å². The van der Waals surface area contributed by atoms with Gasteiger partial charge >= 0.3 is 0 Å². The topological polar surface area (TPSA) is 102 Å². The fourth-order valence-corrected chi connectivity index (χ4v) is 1.48. The van der Waals surface area contributed by atoms with Gasteiger partial charge in [0, 0.05) is 12.6 Å². The van der Waals surface area contributed by atoms with Gasteiger partial charge in [-0.3, -0.25) is 0 Å². The SMILES string of the molecule is CCNc1cc(NCc2ncc(C)o2)nc(N)n1. The van der Waals surface area contributed by atoms with Gasteiger partial charge in [-0.25, -0.2) is 4.98 Å². The molecule has 18 heavy (non-hydrogen) atoms. The summed E-state index contributed by atoms with van der Waals surface area (Å²) in [5, 5.41) is 6.17. The second kappa shape index (κ2) is 5.35. The average molecular weight is 248 g/mol. The molecule has 0 saturated heterocycles. The van der Waals surface area contributed by atoms with Gasteiger partial charge in [0.2, 0.25) is 11.8 Å². The van der Waals surface area contributed by atoms with Crippen molar-refractivity contribution in [1.82, 2.24) is 15.0 Å². The normalized spacial score (nSPS) is 10.3. The lowest BCUT2D eigenvalue weighted by molar-refractivity contribution is 0.479. The Labute approximate surface area is 105 Å². The summed E-state index contributed by atoms with van der Waals surface area (Å²) < 4.78 is 5.35. The molecule has 0 spiro atoms. The van der Waals surface area contributed by atoms with E-state index in [1.807, 2.05) is 13.8 Å². The maximum atomic E-state index is 5.62. The highest BCUT2D eigenvalue weighted by Gasteiger charge is 2.04. The predicted octanol–water partition coefficient (Wildman–Crippen LogP) is 1.40. The summed E-state index contributed by atoms with van der Waals surface area (Å²) >= 11 is 0. The zero-order chi connectivity index (χ0) is 13.0. The minimum absolute atomic E-state index is 0.222. The van der Waals surface area contributed by atoms with Gasteiger partial charge in [0.15, 0.2) is 0 Å². The number of aromatic nitrogens is 3. The van der Waals surface area contributed by atoms with Gasteiger partial charge in [0.05, 0.1) is 12.7 Å². The van der Waals surface area contributed by atoms with Crippen LogP contribution in [-0.2, 0) is 6.54 Å². The van der Waals surface area contributed by atoms with Crippen molar-refractivity contribution < 1.29 is 4.42 Å². The van der Waals surface area contributed by atoms with Crippen LogP contribution in [0.5, 0.6) is 0 Å². The number of nitrogens with two attached hydrogens (primary N) is 1. The van der Waals surface area contributed by atoms with Gasteiger partial charge in [0.1, 0.15) is 17.4 Å². The minimum atomic E-state index is 0.222. The number of hydrogen-bond acceptors (Lipinski definition) is 7. The molecule has 7 nitrogen and oxygen atoms in total. The van der Waals surface area contributed by atoms with Crippen molar-refractivity contribution in [2.24, 2.45) is 0 Å². The Balaban J connectivity index is 2.04. The van der Waals surface area contributed by atoms with E-state index in [0.29, 0.717) is 24.1 Å².